The zero-order valence-electron chi connectivity index (χ0n) is 11.4. The van der Waals surface area contributed by atoms with Crippen molar-refractivity contribution in [1.29, 1.82) is 0 Å². The van der Waals surface area contributed by atoms with Crippen molar-refractivity contribution in [1.82, 2.24) is 4.72 Å². The van der Waals surface area contributed by atoms with Crippen LogP contribution in [0.1, 0.15) is 24.2 Å². The minimum absolute atomic E-state index is 0.0327. The third-order valence-electron chi connectivity index (χ3n) is 2.45. The second-order valence-electron chi connectivity index (χ2n) is 4.25. The summed E-state index contributed by atoms with van der Waals surface area (Å²) in [5, 5.41) is 8.58. The Hall–Kier alpha value is -0.860. The Kier molecular flexibility index (Phi) is 6.42. The molecule has 0 aliphatic heterocycles. The van der Waals surface area contributed by atoms with Crippen molar-refractivity contribution in [2.24, 2.45) is 0 Å². The first kappa shape index (κ1) is 18.2. The van der Waals surface area contributed by atoms with E-state index in [1.165, 1.54) is 0 Å². The molecule has 1 unspecified atom stereocenters. The summed E-state index contributed by atoms with van der Waals surface area (Å²) in [5.74, 6) is -1.36. The Morgan fingerprint density at radius 2 is 2.05 bits per heavy atom. The molecular weight excluding hydrogens is 341 g/mol. The Bertz CT molecular complexity index is 633. The molecule has 1 aromatic rings. The maximum Gasteiger partial charge on any atom is 0.337 e. The molecule has 6 nitrogen and oxygen atoms in total. The van der Waals surface area contributed by atoms with Gasteiger partial charge in [-0.25, -0.2) is 17.9 Å². The highest BCUT2D eigenvalue weighted by Gasteiger charge is 2.25. The van der Waals surface area contributed by atoms with Crippen LogP contribution in [0, 0.1) is 0 Å². The number of nitrogens with one attached hydrogen (secondary N) is 1. The lowest BCUT2D eigenvalue weighted by atomic mass is 10.2. The van der Waals surface area contributed by atoms with Gasteiger partial charge < -0.3 is 9.84 Å². The summed E-state index contributed by atoms with van der Waals surface area (Å²) >= 11 is 11.6. The third-order valence-corrected chi connectivity index (χ3v) is 4.80. The van der Waals surface area contributed by atoms with Crippen LogP contribution in [0.3, 0.4) is 0 Å². The predicted molar refractivity (Wildman–Crippen MR) is 79.7 cm³/mol. The van der Waals surface area contributed by atoms with Crippen LogP contribution in [0.25, 0.3) is 0 Å². The van der Waals surface area contributed by atoms with E-state index < -0.39 is 22.0 Å². The lowest BCUT2D eigenvalue weighted by Crippen LogP contribution is -2.36. The highest BCUT2D eigenvalue weighted by Crippen LogP contribution is 2.29. The van der Waals surface area contributed by atoms with Gasteiger partial charge in [-0.3, -0.25) is 0 Å². The first-order valence-electron chi connectivity index (χ1n) is 6.01. The highest BCUT2D eigenvalue weighted by atomic mass is 35.5. The molecule has 2 N–H and O–H groups in total. The smallest absolute Gasteiger partial charge is 0.337 e. The minimum atomic E-state index is -4.01. The molecule has 0 spiro atoms. The average molecular weight is 356 g/mol. The molecule has 0 aliphatic rings. The fourth-order valence-electron chi connectivity index (χ4n) is 1.57. The number of carbonyl (C=O) groups is 1. The van der Waals surface area contributed by atoms with Gasteiger partial charge in [0.25, 0.3) is 0 Å². The summed E-state index contributed by atoms with van der Waals surface area (Å²) in [6, 6.07) is 1.69. The van der Waals surface area contributed by atoms with Crippen molar-refractivity contribution in [3.63, 3.8) is 0 Å². The maximum atomic E-state index is 12.3. The van der Waals surface area contributed by atoms with Gasteiger partial charge in [0.1, 0.15) is 4.90 Å². The van der Waals surface area contributed by atoms with Crippen molar-refractivity contribution in [3.05, 3.63) is 27.7 Å². The Labute approximate surface area is 133 Å². The van der Waals surface area contributed by atoms with Crippen LogP contribution in [0.2, 0.25) is 10.0 Å². The molecule has 21 heavy (non-hydrogen) atoms. The van der Waals surface area contributed by atoms with Crippen LogP contribution in [-0.4, -0.2) is 38.7 Å². The van der Waals surface area contributed by atoms with Crippen LogP contribution >= 0.6 is 23.2 Å². The summed E-state index contributed by atoms with van der Waals surface area (Å²) in [6.07, 6.45) is 0. The van der Waals surface area contributed by atoms with Crippen LogP contribution in [0.4, 0.5) is 0 Å². The lowest BCUT2D eigenvalue weighted by Gasteiger charge is -2.15. The van der Waals surface area contributed by atoms with Gasteiger partial charge >= 0.3 is 5.97 Å². The number of hydrogen-bond donors (Lipinski definition) is 2. The Morgan fingerprint density at radius 1 is 1.43 bits per heavy atom. The summed E-state index contributed by atoms with van der Waals surface area (Å²) in [7, 11) is -4.01. The van der Waals surface area contributed by atoms with E-state index in [-0.39, 0.29) is 27.1 Å². The van der Waals surface area contributed by atoms with E-state index in [0.29, 0.717) is 6.61 Å². The first-order chi connectivity index (χ1) is 9.69. The Morgan fingerprint density at radius 3 is 2.57 bits per heavy atom. The van der Waals surface area contributed by atoms with Gasteiger partial charge in [0.2, 0.25) is 10.0 Å². The van der Waals surface area contributed by atoms with Crippen LogP contribution in [0.5, 0.6) is 0 Å². The fraction of sp³-hybridized carbons (Fsp3) is 0.417. The van der Waals surface area contributed by atoms with E-state index in [1.54, 1.807) is 13.8 Å². The van der Waals surface area contributed by atoms with E-state index in [9.17, 15) is 13.2 Å². The second-order valence-corrected chi connectivity index (χ2v) is 6.75. The number of benzene rings is 1. The number of carboxylic acid groups (broad SMARTS) is 1. The number of halogens is 2. The zero-order valence-corrected chi connectivity index (χ0v) is 13.7. The van der Waals surface area contributed by atoms with E-state index in [0.717, 1.165) is 12.1 Å². The number of hydrogen-bond acceptors (Lipinski definition) is 4. The van der Waals surface area contributed by atoms with Gasteiger partial charge in [0.15, 0.2) is 0 Å². The molecule has 1 aromatic carbocycles. The second kappa shape index (κ2) is 7.42. The van der Waals surface area contributed by atoms with Crippen molar-refractivity contribution in [3.8, 4) is 0 Å². The first-order valence-corrected chi connectivity index (χ1v) is 8.25. The number of aromatic carboxylic acids is 1. The molecule has 1 rings (SSSR count). The van der Waals surface area contributed by atoms with Gasteiger partial charge in [-0.05, 0) is 26.0 Å². The average Bonchev–Trinajstić information content (AvgIpc) is 2.37. The quantitative estimate of drug-likeness (QED) is 0.783. The van der Waals surface area contributed by atoms with Crippen LogP contribution in [-0.2, 0) is 14.8 Å². The molecule has 0 saturated heterocycles. The molecular formula is C12H15Cl2NO5S. The maximum absolute atomic E-state index is 12.3. The summed E-state index contributed by atoms with van der Waals surface area (Å²) in [5.41, 5.74) is -0.373. The highest BCUT2D eigenvalue weighted by molar-refractivity contribution is 7.89. The normalized spacial score (nSPS) is 13.1. The molecule has 0 saturated carbocycles. The van der Waals surface area contributed by atoms with Gasteiger partial charge in [-0.15, -0.1) is 0 Å². The van der Waals surface area contributed by atoms with Gasteiger partial charge in [-0.1, -0.05) is 23.2 Å². The summed E-state index contributed by atoms with van der Waals surface area (Å²) in [6.45, 7) is 4.03. The molecule has 0 fully saturated rings. The van der Waals surface area contributed by atoms with Crippen LogP contribution in [0.15, 0.2) is 17.0 Å². The van der Waals surface area contributed by atoms with Gasteiger partial charge in [0, 0.05) is 17.7 Å². The van der Waals surface area contributed by atoms with E-state index in [4.69, 9.17) is 33.0 Å². The molecule has 0 amide bonds. The summed E-state index contributed by atoms with van der Waals surface area (Å²) < 4.78 is 32.0. The minimum Gasteiger partial charge on any atom is -0.478 e. The molecule has 0 radical (unpaired) electrons. The van der Waals surface area contributed by atoms with Crippen molar-refractivity contribution < 1.29 is 23.1 Å². The number of ether oxygens (including phenoxy) is 1. The van der Waals surface area contributed by atoms with E-state index in [1.807, 2.05) is 0 Å². The molecule has 0 aliphatic carbocycles. The number of sulfonamides is 1. The molecule has 0 bridgehead atoms. The SMILES string of the molecule is CCOCC(C)NS(=O)(=O)c1cc(Cl)cc(C(=O)O)c1Cl. The van der Waals surface area contributed by atoms with Crippen LogP contribution < -0.4 is 4.72 Å². The molecule has 1 atom stereocenters. The predicted octanol–water partition coefficient (Wildman–Crippen LogP) is 2.39. The molecule has 9 heteroatoms. The number of carboxylic acids is 1. The Balaban J connectivity index is 3.17. The molecule has 0 heterocycles. The number of rotatable bonds is 7. The zero-order chi connectivity index (χ0) is 16.2. The van der Waals surface area contributed by atoms with E-state index >= 15 is 0 Å². The topological polar surface area (TPSA) is 92.7 Å². The summed E-state index contributed by atoms with van der Waals surface area (Å²) in [4.78, 5) is 10.7. The van der Waals surface area contributed by atoms with Gasteiger partial charge in [-0.2, -0.15) is 0 Å². The van der Waals surface area contributed by atoms with Gasteiger partial charge in [0.05, 0.1) is 17.2 Å². The monoisotopic (exact) mass is 355 g/mol. The fourth-order valence-corrected chi connectivity index (χ4v) is 3.70. The standard InChI is InChI=1S/C12H15Cl2NO5S/c1-3-20-6-7(2)15-21(18,19)10-5-8(13)4-9(11(10)14)12(16)17/h4-5,7,15H,3,6H2,1-2H3,(H,16,17). The van der Waals surface area contributed by atoms with Crippen molar-refractivity contribution >= 4 is 39.2 Å². The largest absolute Gasteiger partial charge is 0.478 e. The molecule has 118 valence electrons. The molecule has 0 aromatic heterocycles. The lowest BCUT2D eigenvalue weighted by molar-refractivity contribution is 0.0697. The van der Waals surface area contributed by atoms with E-state index in [2.05, 4.69) is 4.72 Å². The van der Waals surface area contributed by atoms with Crippen molar-refractivity contribution in [2.75, 3.05) is 13.2 Å². The van der Waals surface area contributed by atoms with Crippen molar-refractivity contribution in [2.45, 2.75) is 24.8 Å². The third kappa shape index (κ3) is 4.82.